The summed E-state index contributed by atoms with van der Waals surface area (Å²) in [5, 5.41) is 15.1. The van der Waals surface area contributed by atoms with Gasteiger partial charge in [0, 0.05) is 12.0 Å². The van der Waals surface area contributed by atoms with Gasteiger partial charge in [-0.2, -0.15) is 0 Å². The van der Waals surface area contributed by atoms with Crippen molar-refractivity contribution in [1.29, 1.82) is 0 Å². The van der Waals surface area contributed by atoms with Gasteiger partial charge in [0.15, 0.2) is 0 Å². The number of hydrogen-bond acceptors (Lipinski definition) is 3. The minimum Gasteiger partial charge on any atom is -0.372 e. The fourth-order valence-corrected chi connectivity index (χ4v) is 4.21. The first-order valence-electron chi connectivity index (χ1n) is 8.34. The number of rotatable bonds is 2. The third-order valence-corrected chi connectivity index (χ3v) is 5.50. The molecule has 122 valence electrons. The monoisotopic (exact) mass is 320 g/mol. The van der Waals surface area contributed by atoms with Crippen LogP contribution in [0.1, 0.15) is 40.6 Å². The Hall–Kier alpha value is -2.62. The Morgan fingerprint density at radius 2 is 1.96 bits per heavy atom. The van der Waals surface area contributed by atoms with Crippen LogP contribution in [0.5, 0.6) is 0 Å². The molecule has 4 rings (SSSR count). The zero-order chi connectivity index (χ0) is 16.8. The number of nitrogens with one attached hydrogen (secondary N) is 1. The van der Waals surface area contributed by atoms with Gasteiger partial charge in [-0.05, 0) is 48.4 Å². The average molecular weight is 320 g/mol. The molecule has 1 N–H and O–H groups in total. The lowest BCUT2D eigenvalue weighted by Crippen LogP contribution is -2.30. The number of hydrogen-bond donors (Lipinski definition) is 1. The van der Waals surface area contributed by atoms with Crippen LogP contribution in [0, 0.1) is 29.9 Å². The second-order valence-corrected chi connectivity index (χ2v) is 6.77. The quantitative estimate of drug-likeness (QED) is 0.479. The predicted molar refractivity (Wildman–Crippen MR) is 95.4 cm³/mol. The molecule has 4 heteroatoms. The lowest BCUT2D eigenvalue weighted by molar-refractivity contribution is -0.384. The number of aryl methyl sites for hydroxylation is 1. The highest BCUT2D eigenvalue weighted by Crippen LogP contribution is 2.53. The van der Waals surface area contributed by atoms with Crippen LogP contribution in [0.2, 0.25) is 0 Å². The van der Waals surface area contributed by atoms with Crippen LogP contribution >= 0.6 is 0 Å². The highest BCUT2D eigenvalue weighted by atomic mass is 16.6. The predicted octanol–water partition coefficient (Wildman–Crippen LogP) is 5.04. The average Bonchev–Trinajstić information content (AvgIpc) is 3.07. The molecular formula is C20H20N2O2. The van der Waals surface area contributed by atoms with Crippen LogP contribution in [0.25, 0.3) is 0 Å². The second kappa shape index (κ2) is 5.48. The molecule has 3 atom stereocenters. The molecule has 0 saturated carbocycles. The summed E-state index contributed by atoms with van der Waals surface area (Å²) in [6.45, 7) is 4.03. The Morgan fingerprint density at radius 3 is 2.67 bits per heavy atom. The van der Waals surface area contributed by atoms with Crippen LogP contribution in [0.3, 0.4) is 0 Å². The van der Waals surface area contributed by atoms with Gasteiger partial charge in [0.25, 0.3) is 5.69 Å². The zero-order valence-electron chi connectivity index (χ0n) is 13.8. The summed E-state index contributed by atoms with van der Waals surface area (Å²) in [5.41, 5.74) is 5.33. The molecule has 1 aliphatic carbocycles. The molecular weight excluding hydrogens is 300 g/mol. The van der Waals surface area contributed by atoms with E-state index in [1.165, 1.54) is 5.56 Å². The summed E-state index contributed by atoms with van der Waals surface area (Å²) in [5.74, 6) is 0.644. The smallest absolute Gasteiger partial charge is 0.292 e. The number of nitro benzene ring substituents is 1. The summed E-state index contributed by atoms with van der Waals surface area (Å²) >= 11 is 0. The van der Waals surface area contributed by atoms with Crippen LogP contribution in [0.4, 0.5) is 11.4 Å². The SMILES string of the molecule is Cc1cc([N+](=O)[O-])c2c(c1C)C1C=CCC1[C@@H](c1ccccc1)N2. The molecule has 1 heterocycles. The van der Waals surface area contributed by atoms with E-state index in [-0.39, 0.29) is 22.6 Å². The van der Waals surface area contributed by atoms with Gasteiger partial charge in [-0.25, -0.2) is 0 Å². The van der Waals surface area contributed by atoms with Crippen molar-refractivity contribution < 1.29 is 4.92 Å². The fraction of sp³-hybridized carbons (Fsp3) is 0.300. The van der Waals surface area contributed by atoms with E-state index in [1.807, 2.05) is 25.1 Å². The van der Waals surface area contributed by atoms with Crippen molar-refractivity contribution in [3.05, 3.63) is 80.9 Å². The van der Waals surface area contributed by atoms with Crippen molar-refractivity contribution in [2.75, 3.05) is 5.32 Å². The Morgan fingerprint density at radius 1 is 1.21 bits per heavy atom. The Balaban J connectivity index is 1.92. The lowest BCUT2D eigenvalue weighted by atomic mass is 9.74. The van der Waals surface area contributed by atoms with Crippen LogP contribution in [-0.4, -0.2) is 4.92 Å². The number of anilines is 1. The van der Waals surface area contributed by atoms with Gasteiger partial charge in [0.2, 0.25) is 0 Å². The summed E-state index contributed by atoms with van der Waals surface area (Å²) < 4.78 is 0. The van der Waals surface area contributed by atoms with Crippen molar-refractivity contribution in [3.8, 4) is 0 Å². The van der Waals surface area contributed by atoms with E-state index in [2.05, 4.69) is 36.5 Å². The van der Waals surface area contributed by atoms with Crippen molar-refractivity contribution in [1.82, 2.24) is 0 Å². The first-order valence-corrected chi connectivity index (χ1v) is 8.34. The molecule has 1 aliphatic heterocycles. The number of nitrogens with zero attached hydrogens (tertiary/aromatic N) is 1. The maximum atomic E-state index is 11.6. The van der Waals surface area contributed by atoms with Gasteiger partial charge < -0.3 is 5.32 Å². The molecule has 24 heavy (non-hydrogen) atoms. The normalized spacial score (nSPS) is 24.2. The van der Waals surface area contributed by atoms with Gasteiger partial charge in [-0.3, -0.25) is 10.1 Å². The summed E-state index contributed by atoms with van der Waals surface area (Å²) in [6.07, 6.45) is 5.45. The molecule has 2 aliphatic rings. The van der Waals surface area contributed by atoms with Gasteiger partial charge in [0.05, 0.1) is 11.0 Å². The molecule has 0 aromatic heterocycles. The Kier molecular flexibility index (Phi) is 3.41. The largest absolute Gasteiger partial charge is 0.372 e. The van der Waals surface area contributed by atoms with E-state index >= 15 is 0 Å². The maximum absolute atomic E-state index is 11.6. The van der Waals surface area contributed by atoms with Gasteiger partial charge >= 0.3 is 0 Å². The topological polar surface area (TPSA) is 55.2 Å². The molecule has 0 amide bonds. The van der Waals surface area contributed by atoms with E-state index in [4.69, 9.17) is 0 Å². The molecule has 2 aromatic carbocycles. The lowest BCUT2D eigenvalue weighted by Gasteiger charge is -2.38. The molecule has 0 spiro atoms. The minimum atomic E-state index is -0.265. The van der Waals surface area contributed by atoms with Crippen LogP contribution in [-0.2, 0) is 0 Å². The Labute approximate surface area is 141 Å². The van der Waals surface area contributed by atoms with Gasteiger partial charge in [0.1, 0.15) is 5.69 Å². The van der Waals surface area contributed by atoms with Crippen molar-refractivity contribution in [2.45, 2.75) is 32.2 Å². The van der Waals surface area contributed by atoms with E-state index in [9.17, 15) is 10.1 Å². The molecule has 4 nitrogen and oxygen atoms in total. The summed E-state index contributed by atoms with van der Waals surface area (Å²) in [6, 6.07) is 12.1. The minimum absolute atomic E-state index is 0.0968. The fourth-order valence-electron chi connectivity index (χ4n) is 4.21. The third kappa shape index (κ3) is 2.13. The Bertz CT molecular complexity index is 842. The highest BCUT2D eigenvalue weighted by Gasteiger charge is 2.41. The van der Waals surface area contributed by atoms with Crippen molar-refractivity contribution >= 4 is 11.4 Å². The van der Waals surface area contributed by atoms with E-state index in [0.29, 0.717) is 11.6 Å². The summed E-state index contributed by atoms with van der Waals surface area (Å²) in [7, 11) is 0. The first-order chi connectivity index (χ1) is 11.6. The van der Waals surface area contributed by atoms with E-state index < -0.39 is 0 Å². The number of nitro groups is 1. The molecule has 2 unspecified atom stereocenters. The maximum Gasteiger partial charge on any atom is 0.292 e. The third-order valence-electron chi connectivity index (χ3n) is 5.50. The van der Waals surface area contributed by atoms with Gasteiger partial charge in [-0.15, -0.1) is 0 Å². The van der Waals surface area contributed by atoms with E-state index in [1.54, 1.807) is 6.07 Å². The highest BCUT2D eigenvalue weighted by molar-refractivity contribution is 5.74. The molecule has 2 aromatic rings. The van der Waals surface area contributed by atoms with Gasteiger partial charge in [-0.1, -0.05) is 42.5 Å². The standard InChI is InChI=1S/C20H20N2O2/c1-12-11-17(22(23)24)20-18(13(12)2)15-9-6-10-16(15)19(21-20)14-7-4-3-5-8-14/h3-9,11,15-16,19,21H,10H2,1-2H3/t15?,16?,19-/m1/s1. The molecule has 0 bridgehead atoms. The van der Waals surface area contributed by atoms with Crippen molar-refractivity contribution in [2.24, 2.45) is 5.92 Å². The van der Waals surface area contributed by atoms with Crippen LogP contribution < -0.4 is 5.32 Å². The van der Waals surface area contributed by atoms with Crippen LogP contribution in [0.15, 0.2) is 48.6 Å². The summed E-state index contributed by atoms with van der Waals surface area (Å²) in [4.78, 5) is 11.4. The molecule has 0 saturated heterocycles. The molecule has 0 radical (unpaired) electrons. The number of allylic oxidation sites excluding steroid dienone is 2. The zero-order valence-corrected chi connectivity index (χ0v) is 13.8. The van der Waals surface area contributed by atoms with E-state index in [0.717, 1.165) is 23.1 Å². The number of benzene rings is 2. The van der Waals surface area contributed by atoms with Crippen molar-refractivity contribution in [3.63, 3.8) is 0 Å². The first kappa shape index (κ1) is 14.9. The number of fused-ring (bicyclic) bond motifs is 3. The second-order valence-electron chi connectivity index (χ2n) is 6.77. The molecule has 0 fully saturated rings.